The average Bonchev–Trinajstić information content (AvgIpc) is 2.27. The van der Waals surface area contributed by atoms with Gasteiger partial charge in [-0.3, -0.25) is 9.59 Å². The molecular formula is C11H13BrN2O3. The summed E-state index contributed by atoms with van der Waals surface area (Å²) in [5.74, 6) is -0.410. The maximum atomic E-state index is 11.8. The third kappa shape index (κ3) is 3.74. The van der Waals surface area contributed by atoms with Crippen molar-refractivity contribution < 1.29 is 14.3 Å². The number of benzene rings is 1. The van der Waals surface area contributed by atoms with E-state index in [-0.39, 0.29) is 5.91 Å². The average molecular weight is 301 g/mol. The smallest absolute Gasteiger partial charge is 0.252 e. The summed E-state index contributed by atoms with van der Waals surface area (Å²) >= 11 is 3.27. The Morgan fingerprint density at radius 3 is 2.59 bits per heavy atom. The van der Waals surface area contributed by atoms with Crippen LogP contribution in [0.3, 0.4) is 0 Å². The number of ether oxygens (including phenoxy) is 1. The fraction of sp³-hybridized carbons (Fsp3) is 0.273. The minimum Gasteiger partial charge on any atom is -0.497 e. The van der Waals surface area contributed by atoms with E-state index >= 15 is 0 Å². The number of nitrogens with one attached hydrogen (secondary N) is 1. The van der Waals surface area contributed by atoms with Crippen LogP contribution < -0.4 is 15.8 Å². The van der Waals surface area contributed by atoms with Gasteiger partial charge in [-0.05, 0) is 25.1 Å². The predicted octanol–water partition coefficient (Wildman–Crippen LogP) is 1.06. The molecule has 6 heteroatoms. The van der Waals surface area contributed by atoms with Gasteiger partial charge >= 0.3 is 0 Å². The molecule has 3 N–H and O–H groups in total. The summed E-state index contributed by atoms with van der Waals surface area (Å²) in [6.07, 6.45) is 0. The van der Waals surface area contributed by atoms with Crippen LogP contribution in [0, 0.1) is 0 Å². The quantitative estimate of drug-likeness (QED) is 0.872. The van der Waals surface area contributed by atoms with Crippen molar-refractivity contribution in [2.24, 2.45) is 5.73 Å². The van der Waals surface area contributed by atoms with E-state index in [1.54, 1.807) is 18.2 Å². The molecule has 0 radical (unpaired) electrons. The molecule has 1 atom stereocenters. The monoisotopic (exact) mass is 300 g/mol. The van der Waals surface area contributed by atoms with E-state index in [1.807, 2.05) is 0 Å². The number of carbonyl (C=O) groups excluding carboxylic acids is 2. The molecule has 0 bridgehead atoms. The van der Waals surface area contributed by atoms with E-state index in [9.17, 15) is 9.59 Å². The fourth-order valence-electron chi connectivity index (χ4n) is 1.16. The maximum Gasteiger partial charge on any atom is 0.252 e. The molecule has 1 aromatic rings. The lowest BCUT2D eigenvalue weighted by atomic mass is 10.2. The maximum absolute atomic E-state index is 11.8. The van der Waals surface area contributed by atoms with Crippen molar-refractivity contribution in [2.75, 3.05) is 7.11 Å². The number of primary amides is 1. The van der Waals surface area contributed by atoms with E-state index in [0.29, 0.717) is 15.8 Å². The molecule has 17 heavy (non-hydrogen) atoms. The summed E-state index contributed by atoms with van der Waals surface area (Å²) in [4.78, 5) is 22.6. The van der Waals surface area contributed by atoms with Gasteiger partial charge in [-0.25, -0.2) is 0 Å². The molecular weight excluding hydrogens is 288 g/mol. The van der Waals surface area contributed by atoms with Crippen LogP contribution in [0.2, 0.25) is 0 Å². The van der Waals surface area contributed by atoms with Crippen LogP contribution in [0.1, 0.15) is 17.3 Å². The van der Waals surface area contributed by atoms with Gasteiger partial charge in [0.05, 0.1) is 7.11 Å². The number of hydrogen-bond acceptors (Lipinski definition) is 3. The highest BCUT2D eigenvalue weighted by molar-refractivity contribution is 9.10. The van der Waals surface area contributed by atoms with Gasteiger partial charge in [0.2, 0.25) is 5.91 Å². The summed E-state index contributed by atoms with van der Waals surface area (Å²) in [6, 6.07) is 4.22. The molecule has 2 amide bonds. The zero-order valence-corrected chi connectivity index (χ0v) is 11.1. The first-order valence-electron chi connectivity index (χ1n) is 4.89. The van der Waals surface area contributed by atoms with Crippen LogP contribution in [-0.2, 0) is 4.79 Å². The number of carbonyl (C=O) groups is 2. The minimum atomic E-state index is -0.715. The molecule has 0 spiro atoms. The van der Waals surface area contributed by atoms with Gasteiger partial charge in [0, 0.05) is 10.0 Å². The lowest BCUT2D eigenvalue weighted by Gasteiger charge is -2.11. The lowest BCUT2D eigenvalue weighted by Crippen LogP contribution is -2.42. The Balaban J connectivity index is 2.88. The first kappa shape index (κ1) is 13.5. The molecule has 0 aliphatic carbocycles. The standard InChI is InChI=1S/C11H13BrN2O3/c1-6(10(13)15)14-11(16)7-3-8(12)5-9(4-7)17-2/h3-6H,1-2H3,(H2,13,15)(H,14,16)/t6-/m0/s1. The third-order valence-electron chi connectivity index (χ3n) is 2.14. The van der Waals surface area contributed by atoms with Crippen LogP contribution in [0.15, 0.2) is 22.7 Å². The van der Waals surface area contributed by atoms with Gasteiger partial charge in [0.15, 0.2) is 0 Å². The van der Waals surface area contributed by atoms with Gasteiger partial charge < -0.3 is 15.8 Å². The van der Waals surface area contributed by atoms with Crippen molar-refractivity contribution in [1.29, 1.82) is 0 Å². The SMILES string of the molecule is COc1cc(Br)cc(C(=O)N[C@@H](C)C(N)=O)c1. The van der Waals surface area contributed by atoms with E-state index in [1.165, 1.54) is 14.0 Å². The Bertz CT molecular complexity index is 448. The molecule has 0 aromatic heterocycles. The van der Waals surface area contributed by atoms with Gasteiger partial charge in [-0.15, -0.1) is 0 Å². The second kappa shape index (κ2) is 5.67. The van der Waals surface area contributed by atoms with E-state index in [4.69, 9.17) is 10.5 Å². The largest absolute Gasteiger partial charge is 0.497 e. The number of amides is 2. The number of rotatable bonds is 4. The molecule has 0 heterocycles. The number of nitrogens with two attached hydrogens (primary N) is 1. The van der Waals surface area contributed by atoms with Crippen LogP contribution in [-0.4, -0.2) is 25.0 Å². The van der Waals surface area contributed by atoms with Gasteiger partial charge in [0.1, 0.15) is 11.8 Å². The fourth-order valence-corrected chi connectivity index (χ4v) is 1.64. The Kier molecular flexibility index (Phi) is 4.51. The van der Waals surface area contributed by atoms with E-state index in [2.05, 4.69) is 21.2 Å². The van der Waals surface area contributed by atoms with Crippen molar-refractivity contribution in [3.05, 3.63) is 28.2 Å². The van der Waals surface area contributed by atoms with Gasteiger partial charge in [-0.1, -0.05) is 15.9 Å². The first-order chi connectivity index (χ1) is 7.93. The van der Waals surface area contributed by atoms with Gasteiger partial charge in [0.25, 0.3) is 5.91 Å². The highest BCUT2D eigenvalue weighted by Gasteiger charge is 2.14. The summed E-state index contributed by atoms with van der Waals surface area (Å²) in [5, 5.41) is 2.48. The second-order valence-electron chi connectivity index (χ2n) is 3.48. The Hall–Kier alpha value is -1.56. The van der Waals surface area contributed by atoms with Gasteiger partial charge in [-0.2, -0.15) is 0 Å². The van der Waals surface area contributed by atoms with Crippen molar-refractivity contribution >= 4 is 27.7 Å². The van der Waals surface area contributed by atoms with Crippen molar-refractivity contribution in [1.82, 2.24) is 5.32 Å². The normalized spacial score (nSPS) is 11.7. The Labute approximate surface area is 107 Å². The summed E-state index contributed by atoms with van der Waals surface area (Å²) < 4.78 is 5.75. The summed E-state index contributed by atoms with van der Waals surface area (Å²) in [5.41, 5.74) is 5.45. The second-order valence-corrected chi connectivity index (χ2v) is 4.39. The molecule has 1 rings (SSSR count). The third-order valence-corrected chi connectivity index (χ3v) is 2.60. The molecule has 1 aromatic carbocycles. The molecule has 0 aliphatic heterocycles. The molecule has 0 fully saturated rings. The molecule has 92 valence electrons. The van der Waals surface area contributed by atoms with Crippen LogP contribution in [0.4, 0.5) is 0 Å². The molecule has 0 unspecified atom stereocenters. The Morgan fingerprint density at radius 2 is 2.06 bits per heavy atom. The number of hydrogen-bond donors (Lipinski definition) is 2. The zero-order valence-electron chi connectivity index (χ0n) is 9.49. The lowest BCUT2D eigenvalue weighted by molar-refractivity contribution is -0.119. The highest BCUT2D eigenvalue weighted by Crippen LogP contribution is 2.21. The number of halogens is 1. The molecule has 5 nitrogen and oxygen atoms in total. The van der Waals surface area contributed by atoms with E-state index < -0.39 is 11.9 Å². The predicted molar refractivity (Wildman–Crippen MR) is 66.8 cm³/mol. The van der Waals surface area contributed by atoms with Crippen LogP contribution in [0.25, 0.3) is 0 Å². The topological polar surface area (TPSA) is 81.4 Å². The Morgan fingerprint density at radius 1 is 1.41 bits per heavy atom. The molecule has 0 saturated heterocycles. The zero-order chi connectivity index (χ0) is 13.0. The summed E-state index contributed by atoms with van der Waals surface area (Å²) in [7, 11) is 1.51. The first-order valence-corrected chi connectivity index (χ1v) is 5.68. The van der Waals surface area contributed by atoms with Crippen molar-refractivity contribution in [2.45, 2.75) is 13.0 Å². The van der Waals surface area contributed by atoms with Crippen LogP contribution in [0.5, 0.6) is 5.75 Å². The summed E-state index contributed by atoms with van der Waals surface area (Å²) in [6.45, 7) is 1.52. The molecule has 0 saturated carbocycles. The number of methoxy groups -OCH3 is 1. The molecule has 0 aliphatic rings. The highest BCUT2D eigenvalue weighted by atomic mass is 79.9. The minimum absolute atomic E-state index is 0.379. The van der Waals surface area contributed by atoms with E-state index in [0.717, 1.165) is 0 Å². The van der Waals surface area contributed by atoms with Crippen LogP contribution >= 0.6 is 15.9 Å². The van der Waals surface area contributed by atoms with Crippen molar-refractivity contribution in [3.8, 4) is 5.75 Å². The van der Waals surface area contributed by atoms with Crippen molar-refractivity contribution in [3.63, 3.8) is 0 Å².